The topological polar surface area (TPSA) is 146 Å². The first-order valence-electron chi connectivity index (χ1n) is 20.0. The second kappa shape index (κ2) is 15.4. The molecule has 4 aliphatic rings. The van der Waals surface area contributed by atoms with E-state index in [-0.39, 0.29) is 49.7 Å². The highest BCUT2D eigenvalue weighted by Gasteiger charge is 2.66. The molecule has 4 heterocycles. The van der Waals surface area contributed by atoms with E-state index in [1.165, 1.54) is 7.11 Å². The highest BCUT2D eigenvalue weighted by molar-refractivity contribution is 6.71. The van der Waals surface area contributed by atoms with Gasteiger partial charge in [0.2, 0.25) is 5.91 Å². The van der Waals surface area contributed by atoms with Gasteiger partial charge in [-0.15, -0.1) is 0 Å². The Kier molecular flexibility index (Phi) is 10.5. The highest BCUT2D eigenvalue weighted by atomic mass is 28.4. The number of ether oxygens (including phenoxy) is 3. The molecule has 0 aliphatic carbocycles. The van der Waals surface area contributed by atoms with E-state index in [2.05, 4.69) is 0 Å². The maximum atomic E-state index is 15.2. The van der Waals surface area contributed by atoms with Gasteiger partial charge in [0.25, 0.3) is 11.8 Å². The zero-order valence-corrected chi connectivity index (χ0v) is 34.2. The van der Waals surface area contributed by atoms with Crippen LogP contribution in [0.15, 0.2) is 91.0 Å². The van der Waals surface area contributed by atoms with Crippen LogP contribution in [0.1, 0.15) is 59.7 Å². The summed E-state index contributed by atoms with van der Waals surface area (Å²) in [6.07, 6.45) is 0.790. The molecular formula is C45H49N3O9Si. The number of aliphatic hydroxyl groups is 1. The number of methoxy groups -OCH3 is 1. The van der Waals surface area contributed by atoms with Gasteiger partial charge in [-0.2, -0.15) is 0 Å². The van der Waals surface area contributed by atoms with Crippen LogP contribution < -0.4 is 14.5 Å². The van der Waals surface area contributed by atoms with Crippen LogP contribution in [0.3, 0.4) is 0 Å². The molecule has 0 unspecified atom stereocenters. The van der Waals surface area contributed by atoms with E-state index in [1.54, 1.807) is 45.0 Å². The fourth-order valence-corrected chi connectivity index (χ4v) is 12.2. The second-order valence-electron chi connectivity index (χ2n) is 16.3. The summed E-state index contributed by atoms with van der Waals surface area (Å²) in [5, 5.41) is 10.4. The van der Waals surface area contributed by atoms with E-state index in [4.69, 9.17) is 14.2 Å². The third-order valence-electron chi connectivity index (χ3n) is 12.4. The molecule has 13 heteroatoms. The molecule has 0 saturated carbocycles. The number of hydrogen-bond acceptors (Lipinski definition) is 9. The van der Waals surface area contributed by atoms with Crippen LogP contribution in [0, 0.1) is 5.92 Å². The summed E-state index contributed by atoms with van der Waals surface area (Å²) in [4.78, 5) is 73.0. The normalized spacial score (nSPS) is 23.5. The standard InChI is InChI=1S/C45H49N3O9Si/c1-28-42(58(3,4)54)39(25-40(50)47-26-30-14-6-5-13-29(30)23-32(47)27-49)57-45(28)34-24-31(20-21-35(34)46(44(45)53)22-12-11-19-41(51)55-2)48-36-16-8-10-18-38(36)56-37-17-9-7-15-33(37)43(48)52/h5-10,13-18,20-21,24,28,32,39,42,49,54H,11-12,19,22-23,25-27H2,1-4H3/t28-,32-,39+,42-,45+/m0/s1. The molecule has 4 aliphatic heterocycles. The first-order chi connectivity index (χ1) is 27.9. The molecule has 4 aromatic rings. The lowest BCUT2D eigenvalue weighted by molar-refractivity contribution is -0.151. The number of rotatable bonds is 10. The smallest absolute Gasteiger partial charge is 0.305 e. The molecule has 0 radical (unpaired) electrons. The molecule has 0 bridgehead atoms. The summed E-state index contributed by atoms with van der Waals surface area (Å²) in [6.45, 7) is 5.95. The van der Waals surface area contributed by atoms with Crippen molar-refractivity contribution < 1.29 is 43.3 Å². The quantitative estimate of drug-likeness (QED) is 0.103. The van der Waals surface area contributed by atoms with Gasteiger partial charge in [0.15, 0.2) is 19.7 Å². The number of hydrogen-bond donors (Lipinski definition) is 2. The van der Waals surface area contributed by atoms with Gasteiger partial charge in [-0.05, 0) is 85.9 Å². The minimum Gasteiger partial charge on any atom is -0.469 e. The molecule has 1 spiro atoms. The molecule has 0 aromatic heterocycles. The van der Waals surface area contributed by atoms with Crippen LogP contribution >= 0.6 is 0 Å². The van der Waals surface area contributed by atoms with E-state index in [0.29, 0.717) is 65.5 Å². The monoisotopic (exact) mass is 803 g/mol. The molecule has 12 nitrogen and oxygen atoms in total. The summed E-state index contributed by atoms with van der Waals surface area (Å²) >= 11 is 0. The molecule has 8 rings (SSSR count). The lowest BCUT2D eigenvalue weighted by atomic mass is 9.82. The van der Waals surface area contributed by atoms with Gasteiger partial charge in [-0.1, -0.05) is 55.5 Å². The third-order valence-corrected chi connectivity index (χ3v) is 14.9. The lowest BCUT2D eigenvalue weighted by Gasteiger charge is -2.37. The maximum Gasteiger partial charge on any atom is 0.305 e. The van der Waals surface area contributed by atoms with E-state index in [0.717, 1.165) is 11.1 Å². The summed E-state index contributed by atoms with van der Waals surface area (Å²) in [5.41, 5.74) is 2.48. The Labute approximate surface area is 339 Å². The molecule has 1 fully saturated rings. The molecule has 58 heavy (non-hydrogen) atoms. The Morgan fingerprint density at radius 3 is 2.36 bits per heavy atom. The van der Waals surface area contributed by atoms with E-state index < -0.39 is 37.5 Å². The Balaban J connectivity index is 1.21. The van der Waals surface area contributed by atoms with Crippen molar-refractivity contribution in [2.45, 2.75) is 82.0 Å². The number of carbonyl (C=O) groups excluding carboxylic acids is 4. The van der Waals surface area contributed by atoms with Crippen molar-refractivity contribution in [3.63, 3.8) is 0 Å². The number of nitrogens with zero attached hydrogens (tertiary/aromatic N) is 3. The number of para-hydroxylation sites is 3. The van der Waals surface area contributed by atoms with Gasteiger partial charge in [0.05, 0.1) is 49.2 Å². The van der Waals surface area contributed by atoms with Gasteiger partial charge in [-0.3, -0.25) is 24.1 Å². The summed E-state index contributed by atoms with van der Waals surface area (Å²) < 4.78 is 18.2. The highest BCUT2D eigenvalue weighted by Crippen LogP contribution is 2.60. The number of benzene rings is 4. The van der Waals surface area contributed by atoms with Crippen molar-refractivity contribution in [1.82, 2.24) is 4.90 Å². The van der Waals surface area contributed by atoms with Crippen LogP contribution in [0.4, 0.5) is 17.1 Å². The average Bonchev–Trinajstić information content (AvgIpc) is 3.59. The van der Waals surface area contributed by atoms with Crippen molar-refractivity contribution >= 4 is 49.1 Å². The number of unbranched alkanes of at least 4 members (excludes halogenated alkanes) is 1. The zero-order valence-electron chi connectivity index (χ0n) is 33.2. The van der Waals surface area contributed by atoms with Crippen LogP contribution in [-0.4, -0.2) is 79.2 Å². The fourth-order valence-electron chi connectivity index (χ4n) is 9.66. The van der Waals surface area contributed by atoms with Crippen LogP contribution in [0.5, 0.6) is 11.5 Å². The van der Waals surface area contributed by atoms with E-state index in [1.807, 2.05) is 80.7 Å². The van der Waals surface area contributed by atoms with Gasteiger partial charge in [0.1, 0.15) is 5.75 Å². The van der Waals surface area contributed by atoms with Crippen molar-refractivity contribution in [3.05, 3.63) is 113 Å². The average molecular weight is 804 g/mol. The second-order valence-corrected chi connectivity index (χ2v) is 20.3. The number of esters is 1. The Morgan fingerprint density at radius 1 is 0.914 bits per heavy atom. The van der Waals surface area contributed by atoms with Crippen molar-refractivity contribution in [1.29, 1.82) is 0 Å². The first-order valence-corrected chi connectivity index (χ1v) is 23.0. The number of carbonyl (C=O) groups is 4. The van der Waals surface area contributed by atoms with Gasteiger partial charge >= 0.3 is 5.97 Å². The SMILES string of the molecule is COC(=O)CCCCN1C(=O)[C@]2(O[C@H](CC(=O)N3Cc4ccccc4C[C@H]3CO)[C@@H]([Si](C)(C)O)[C@@H]2C)c2cc(N3C(=O)c4ccccc4Oc4ccccc43)ccc21. The molecule has 2 N–H and O–H groups in total. The summed E-state index contributed by atoms with van der Waals surface area (Å²) in [7, 11) is -1.82. The van der Waals surface area contributed by atoms with Crippen molar-refractivity contribution in [2.24, 2.45) is 5.92 Å². The van der Waals surface area contributed by atoms with E-state index in [9.17, 15) is 24.3 Å². The van der Waals surface area contributed by atoms with Gasteiger partial charge in [-0.25, -0.2) is 0 Å². The van der Waals surface area contributed by atoms with Crippen LogP contribution in [-0.2, 0) is 42.4 Å². The predicted molar refractivity (Wildman–Crippen MR) is 219 cm³/mol. The maximum absolute atomic E-state index is 15.2. The molecule has 5 atom stereocenters. The minimum atomic E-state index is -3.16. The molecular weight excluding hydrogens is 755 g/mol. The number of fused-ring (bicyclic) bond motifs is 5. The van der Waals surface area contributed by atoms with Crippen LogP contribution in [0.2, 0.25) is 18.6 Å². The predicted octanol–water partition coefficient (Wildman–Crippen LogP) is 6.59. The zero-order chi connectivity index (χ0) is 40.9. The van der Waals surface area contributed by atoms with Crippen molar-refractivity contribution in [3.8, 4) is 11.5 Å². The van der Waals surface area contributed by atoms with Gasteiger partial charge in [0, 0.05) is 42.2 Å². The third kappa shape index (κ3) is 6.69. The number of aliphatic hydroxyl groups excluding tert-OH is 1. The number of amides is 3. The Morgan fingerprint density at radius 2 is 1.62 bits per heavy atom. The lowest BCUT2D eigenvalue weighted by Crippen LogP contribution is -2.48. The summed E-state index contributed by atoms with van der Waals surface area (Å²) in [6, 6.07) is 27.3. The van der Waals surface area contributed by atoms with Crippen molar-refractivity contribution in [2.75, 3.05) is 30.1 Å². The molecule has 4 aromatic carbocycles. The summed E-state index contributed by atoms with van der Waals surface area (Å²) in [5.74, 6) is -0.863. The Hall–Kier alpha value is -5.34. The fraction of sp³-hybridized carbons (Fsp3) is 0.378. The largest absolute Gasteiger partial charge is 0.469 e. The molecule has 3 amide bonds. The molecule has 302 valence electrons. The first kappa shape index (κ1) is 39.5. The Bertz CT molecular complexity index is 2280. The van der Waals surface area contributed by atoms with E-state index >= 15 is 4.79 Å². The minimum absolute atomic E-state index is 0.0973. The van der Waals surface area contributed by atoms with Crippen LogP contribution in [0.25, 0.3) is 0 Å². The van der Waals surface area contributed by atoms with Gasteiger partial charge < -0.3 is 33.9 Å². The molecule has 1 saturated heterocycles. The number of anilines is 3.